The monoisotopic (exact) mass is 605 g/mol. The summed E-state index contributed by atoms with van der Waals surface area (Å²) < 4.78 is 13.7. The van der Waals surface area contributed by atoms with Crippen LogP contribution in [0.2, 0.25) is 0 Å². The van der Waals surface area contributed by atoms with Crippen molar-refractivity contribution in [2.75, 3.05) is 26.1 Å². The normalized spacial score (nSPS) is 15.3. The Balaban J connectivity index is 5.98. The van der Waals surface area contributed by atoms with Gasteiger partial charge in [-0.05, 0) is 46.3 Å². The zero-order valence-corrected chi connectivity index (χ0v) is 25.4. The number of carbonyl (C=O) groups excluding carboxylic acids is 5. The Morgan fingerprint density at radius 2 is 1.62 bits per heavy atom. The van der Waals surface area contributed by atoms with Crippen molar-refractivity contribution < 1.29 is 48.1 Å². The van der Waals surface area contributed by atoms with Crippen LogP contribution in [0.25, 0.3) is 0 Å². The number of rotatable bonds is 17. The van der Waals surface area contributed by atoms with Crippen molar-refractivity contribution in [1.82, 2.24) is 0 Å². The molecule has 0 fully saturated rings. The molecule has 3 atom stereocenters. The lowest BCUT2D eigenvalue weighted by Gasteiger charge is -2.35. The van der Waals surface area contributed by atoms with Gasteiger partial charge in [-0.3, -0.25) is 28.8 Å². The van der Waals surface area contributed by atoms with E-state index in [9.17, 15) is 34.0 Å². The van der Waals surface area contributed by atoms with Crippen LogP contribution in [0.15, 0.2) is 0 Å². The molecule has 0 aliphatic heterocycles. The van der Waals surface area contributed by atoms with Crippen molar-refractivity contribution >= 4 is 74.7 Å². The van der Waals surface area contributed by atoms with Gasteiger partial charge in [-0.15, -0.1) is 11.8 Å². The van der Waals surface area contributed by atoms with E-state index in [1.165, 1.54) is 39.5 Å². The molecule has 0 aromatic rings. The molecular formula is C25H35NO10S3. The zero-order valence-electron chi connectivity index (χ0n) is 23.0. The Morgan fingerprint density at radius 1 is 1.03 bits per heavy atom. The molecule has 0 rings (SSSR count). The topological polar surface area (TPSA) is 174 Å². The fourth-order valence-electron chi connectivity index (χ4n) is 3.54. The van der Waals surface area contributed by atoms with E-state index in [1.807, 2.05) is 13.0 Å². The van der Waals surface area contributed by atoms with Gasteiger partial charge in [-0.1, -0.05) is 30.9 Å². The molecule has 11 nitrogen and oxygen atoms in total. The number of thiocarbonyl (C=S) groups is 1. The van der Waals surface area contributed by atoms with Gasteiger partial charge in [0.05, 0.1) is 18.6 Å². The summed E-state index contributed by atoms with van der Waals surface area (Å²) in [4.78, 5) is 73.3. The number of ether oxygens (including phenoxy) is 3. The number of ketones is 2. The highest BCUT2D eigenvalue weighted by Crippen LogP contribution is 2.43. The molecule has 0 saturated carbocycles. The molecule has 0 heterocycles. The van der Waals surface area contributed by atoms with E-state index in [4.69, 9.17) is 31.5 Å². The number of carboxylic acids is 1. The van der Waals surface area contributed by atoms with Crippen LogP contribution in [0, 0.1) is 22.2 Å². The van der Waals surface area contributed by atoms with E-state index in [0.29, 0.717) is 9.28 Å². The summed E-state index contributed by atoms with van der Waals surface area (Å²) in [5.41, 5.74) is -3.25. The fourth-order valence-corrected chi connectivity index (χ4v) is 6.53. The molecule has 218 valence electrons. The van der Waals surface area contributed by atoms with Crippen LogP contribution in [0.3, 0.4) is 0 Å². The highest BCUT2D eigenvalue weighted by atomic mass is 32.2. The predicted octanol–water partition coefficient (Wildman–Crippen LogP) is 3.51. The standard InChI is InChI=1S/C25H35NO10S3/c1-7-38-22(37)39-25(5,21(33)36-11-10-35-19(31)12-16(2)27)13-17(28)24(4,20(32)34-6)14-23(3,15-26)9-8-18(29)30/h7-14H2,1-6H3,(H,29,30). The van der Waals surface area contributed by atoms with Crippen LogP contribution >= 0.6 is 35.7 Å². The minimum absolute atomic E-state index is 0.119. The van der Waals surface area contributed by atoms with Gasteiger partial charge >= 0.3 is 23.9 Å². The van der Waals surface area contributed by atoms with Gasteiger partial charge in [0.15, 0.2) is 5.78 Å². The molecule has 0 bridgehead atoms. The fraction of sp³-hybridized carbons (Fsp3) is 0.680. The number of nitriles is 1. The smallest absolute Gasteiger partial charge is 0.322 e. The van der Waals surface area contributed by atoms with Gasteiger partial charge in [0, 0.05) is 12.8 Å². The Kier molecular flexibility index (Phi) is 15.5. The van der Waals surface area contributed by atoms with E-state index >= 15 is 0 Å². The van der Waals surface area contributed by atoms with Gasteiger partial charge in [-0.25, -0.2) is 0 Å². The summed E-state index contributed by atoms with van der Waals surface area (Å²) >= 11 is 7.50. The number of methoxy groups -OCH3 is 1. The van der Waals surface area contributed by atoms with Gasteiger partial charge in [-0.2, -0.15) is 5.26 Å². The first kappa shape index (κ1) is 36.5. The minimum Gasteiger partial charge on any atom is -0.481 e. The highest BCUT2D eigenvalue weighted by molar-refractivity contribution is 8.47. The van der Waals surface area contributed by atoms with E-state index in [0.717, 1.165) is 18.9 Å². The number of aliphatic carboxylic acids is 1. The Labute approximate surface area is 242 Å². The molecule has 0 aromatic carbocycles. The summed E-state index contributed by atoms with van der Waals surface area (Å²) in [6.45, 7) is 6.58. The average molecular weight is 606 g/mol. The van der Waals surface area contributed by atoms with Crippen molar-refractivity contribution in [2.24, 2.45) is 10.8 Å². The van der Waals surface area contributed by atoms with Crippen molar-refractivity contribution in [3.05, 3.63) is 0 Å². The third-order valence-electron chi connectivity index (χ3n) is 5.63. The summed E-state index contributed by atoms with van der Waals surface area (Å²) in [6.07, 6.45) is -1.76. The number of hydrogen-bond acceptors (Lipinski definition) is 13. The second-order valence-electron chi connectivity index (χ2n) is 9.42. The molecule has 39 heavy (non-hydrogen) atoms. The molecule has 0 aliphatic rings. The molecule has 3 unspecified atom stereocenters. The minimum atomic E-state index is -1.89. The molecule has 1 N–H and O–H groups in total. The molecule has 0 saturated heterocycles. The van der Waals surface area contributed by atoms with E-state index in [1.54, 1.807) is 0 Å². The lowest BCUT2D eigenvalue weighted by atomic mass is 9.68. The second kappa shape index (κ2) is 16.6. The third-order valence-corrected chi connectivity index (χ3v) is 8.29. The summed E-state index contributed by atoms with van der Waals surface area (Å²) in [6, 6.07) is 2.01. The van der Waals surface area contributed by atoms with Crippen molar-refractivity contribution in [3.8, 4) is 6.07 Å². The number of nitrogens with zero attached hydrogens (tertiary/aromatic N) is 1. The predicted molar refractivity (Wildman–Crippen MR) is 149 cm³/mol. The van der Waals surface area contributed by atoms with Crippen LogP contribution in [0.1, 0.15) is 66.7 Å². The van der Waals surface area contributed by atoms with Crippen molar-refractivity contribution in [3.63, 3.8) is 0 Å². The van der Waals surface area contributed by atoms with E-state index < -0.39 is 58.1 Å². The van der Waals surface area contributed by atoms with E-state index in [-0.39, 0.29) is 38.3 Å². The first-order chi connectivity index (χ1) is 18.0. The van der Waals surface area contributed by atoms with Crippen LogP contribution in [-0.2, 0) is 43.0 Å². The maximum atomic E-state index is 13.7. The van der Waals surface area contributed by atoms with Gasteiger partial charge in [0.25, 0.3) is 0 Å². The van der Waals surface area contributed by atoms with E-state index in [2.05, 4.69) is 0 Å². The number of carbonyl (C=O) groups is 6. The number of carboxylic acid groups (broad SMARTS) is 1. The molecule has 0 aliphatic carbocycles. The second-order valence-corrected chi connectivity index (χ2v) is 13.4. The Hall–Kier alpha value is -2.50. The molecular weight excluding hydrogens is 570 g/mol. The number of thioether (sulfide) groups is 2. The van der Waals surface area contributed by atoms with Crippen LogP contribution in [-0.4, -0.2) is 74.9 Å². The molecule has 0 radical (unpaired) electrons. The van der Waals surface area contributed by atoms with Crippen LogP contribution < -0.4 is 0 Å². The van der Waals surface area contributed by atoms with Crippen molar-refractivity contribution in [1.29, 1.82) is 5.26 Å². The lowest BCUT2D eigenvalue weighted by molar-refractivity contribution is -0.160. The summed E-state index contributed by atoms with van der Waals surface area (Å²) in [7, 11) is 1.08. The largest absolute Gasteiger partial charge is 0.481 e. The number of hydrogen-bond donors (Lipinski definition) is 1. The van der Waals surface area contributed by atoms with Crippen LogP contribution in [0.5, 0.6) is 0 Å². The maximum Gasteiger partial charge on any atom is 0.322 e. The van der Waals surface area contributed by atoms with Crippen LogP contribution in [0.4, 0.5) is 0 Å². The summed E-state index contributed by atoms with van der Waals surface area (Å²) in [5.74, 6) is -4.22. The number of Topliss-reactive ketones (excluding diaryl/α,β-unsaturated/α-hetero) is 2. The van der Waals surface area contributed by atoms with Gasteiger partial charge in [0.2, 0.25) is 0 Å². The molecule has 0 spiro atoms. The van der Waals surface area contributed by atoms with Crippen molar-refractivity contribution in [2.45, 2.75) is 71.5 Å². The number of esters is 3. The molecule has 14 heteroatoms. The molecule has 0 amide bonds. The molecule has 0 aromatic heterocycles. The first-order valence-corrected chi connectivity index (χ1v) is 14.1. The summed E-state index contributed by atoms with van der Waals surface area (Å²) in [5, 5.41) is 18.8. The zero-order chi connectivity index (χ0) is 30.4. The maximum absolute atomic E-state index is 13.7. The lowest BCUT2D eigenvalue weighted by Crippen LogP contribution is -2.46. The SMILES string of the molecule is CCSC(=S)SC(C)(CC(=O)C(C)(CC(C)(C#N)CCC(=O)O)C(=O)OC)C(=O)OCCOC(=O)CC(C)=O. The van der Waals surface area contributed by atoms with Gasteiger partial charge in [0.1, 0.15) is 39.1 Å². The average Bonchev–Trinajstić information content (AvgIpc) is 2.84. The third kappa shape index (κ3) is 12.5. The first-order valence-electron chi connectivity index (χ1n) is 11.9. The van der Waals surface area contributed by atoms with Gasteiger partial charge < -0.3 is 19.3 Å². The Bertz CT molecular complexity index is 1010. The quantitative estimate of drug-likeness (QED) is 0.0838. The Morgan fingerprint density at radius 3 is 2.10 bits per heavy atom. The highest BCUT2D eigenvalue weighted by Gasteiger charge is 2.51.